The van der Waals surface area contributed by atoms with E-state index in [4.69, 9.17) is 4.74 Å². The van der Waals surface area contributed by atoms with Crippen LogP contribution in [-0.2, 0) is 11.8 Å². The molecule has 6 nitrogen and oxygen atoms in total. The summed E-state index contributed by atoms with van der Waals surface area (Å²) in [5.41, 5.74) is 0.527. The van der Waals surface area contributed by atoms with Gasteiger partial charge < -0.3 is 9.64 Å². The standard InChI is InChI=1S/C12H23NO2.C8H7FN2OS/c1-11(2,3)15-10(14)13-9-7-6-8-12(13,4)5;1-10-6-4-2-3-5-7(6)11(13-9)8(10)12/h6-9H2,1-5H3;2-5H,1H3. The topological polar surface area (TPSA) is 56.5 Å². The lowest BCUT2D eigenvalue weighted by molar-refractivity contribution is -0.00641. The van der Waals surface area contributed by atoms with E-state index in [1.807, 2.05) is 31.7 Å². The Morgan fingerprint density at radius 3 is 2.32 bits per heavy atom. The summed E-state index contributed by atoms with van der Waals surface area (Å²) in [5, 5.41) is 0. The van der Waals surface area contributed by atoms with Gasteiger partial charge in [-0.15, -0.1) is 3.89 Å². The highest BCUT2D eigenvalue weighted by Gasteiger charge is 2.35. The Hall–Kier alpha value is -1.96. The minimum absolute atomic E-state index is 0.0550. The first kappa shape index (κ1) is 22.3. The molecule has 3 rings (SSSR count). The number of para-hydroxylation sites is 2. The quantitative estimate of drug-likeness (QED) is 0.669. The van der Waals surface area contributed by atoms with Crippen molar-refractivity contribution in [2.24, 2.45) is 7.05 Å². The van der Waals surface area contributed by atoms with Crippen molar-refractivity contribution in [3.8, 4) is 0 Å². The number of hydrogen-bond donors (Lipinski definition) is 0. The highest BCUT2D eigenvalue weighted by atomic mass is 32.2. The molecule has 8 heteroatoms. The fourth-order valence-corrected chi connectivity index (χ4v) is 3.66. The third-order valence-corrected chi connectivity index (χ3v) is 5.25. The second-order valence-electron chi connectivity index (χ2n) is 8.60. The Bertz CT molecular complexity index is 883. The molecule has 0 unspecified atom stereocenters. The van der Waals surface area contributed by atoms with Crippen LogP contribution in [0.2, 0.25) is 0 Å². The van der Waals surface area contributed by atoms with Gasteiger partial charge in [-0.05, 0) is 66.0 Å². The highest BCUT2D eigenvalue weighted by molar-refractivity contribution is 7.92. The van der Waals surface area contributed by atoms with Crippen LogP contribution >= 0.6 is 12.3 Å². The Kier molecular flexibility index (Phi) is 6.85. The van der Waals surface area contributed by atoms with Gasteiger partial charge in [-0.25, -0.2) is 13.6 Å². The predicted octanol–water partition coefficient (Wildman–Crippen LogP) is 4.91. The van der Waals surface area contributed by atoms with E-state index in [0.29, 0.717) is 5.52 Å². The molecule has 0 N–H and O–H groups in total. The number of amides is 1. The van der Waals surface area contributed by atoms with Crippen molar-refractivity contribution in [2.75, 3.05) is 6.54 Å². The van der Waals surface area contributed by atoms with Gasteiger partial charge in [0.2, 0.25) is 0 Å². The third-order valence-electron chi connectivity index (χ3n) is 4.76. The van der Waals surface area contributed by atoms with E-state index in [2.05, 4.69) is 13.8 Å². The smallest absolute Gasteiger partial charge is 0.410 e. The van der Waals surface area contributed by atoms with Crippen molar-refractivity contribution in [3.63, 3.8) is 0 Å². The van der Waals surface area contributed by atoms with Crippen molar-refractivity contribution >= 4 is 29.5 Å². The Morgan fingerprint density at radius 2 is 1.79 bits per heavy atom. The molecule has 1 amide bonds. The van der Waals surface area contributed by atoms with Crippen LogP contribution in [0.3, 0.4) is 0 Å². The average molecular weight is 412 g/mol. The molecule has 0 saturated carbocycles. The second kappa shape index (κ2) is 8.59. The van der Waals surface area contributed by atoms with Crippen LogP contribution in [0.15, 0.2) is 29.1 Å². The first-order chi connectivity index (χ1) is 13.0. The van der Waals surface area contributed by atoms with Crippen molar-refractivity contribution < 1.29 is 13.4 Å². The summed E-state index contributed by atoms with van der Waals surface area (Å²) < 4.78 is 20.2. The molecule has 0 bridgehead atoms. The maximum Gasteiger partial charge on any atom is 0.410 e. The highest BCUT2D eigenvalue weighted by Crippen LogP contribution is 2.28. The van der Waals surface area contributed by atoms with Gasteiger partial charge in [0, 0.05) is 19.1 Å². The van der Waals surface area contributed by atoms with E-state index in [1.165, 1.54) is 11.0 Å². The number of hydrogen-bond acceptors (Lipinski definition) is 4. The number of likely N-dealkylation sites (tertiary alicyclic amines) is 1. The zero-order valence-corrected chi connectivity index (χ0v) is 18.3. The summed E-state index contributed by atoms with van der Waals surface area (Å²) in [6, 6.07) is 7.08. The summed E-state index contributed by atoms with van der Waals surface area (Å²) in [4.78, 5) is 25.2. The van der Waals surface area contributed by atoms with Crippen LogP contribution in [0.25, 0.3) is 11.0 Å². The number of carbonyl (C=O) groups is 1. The molecule has 0 atom stereocenters. The summed E-state index contributed by atoms with van der Waals surface area (Å²) in [6.45, 7) is 10.7. The summed E-state index contributed by atoms with van der Waals surface area (Å²) in [6.07, 6.45) is 3.17. The van der Waals surface area contributed by atoms with Crippen LogP contribution in [-0.4, -0.2) is 37.2 Å². The third kappa shape index (κ3) is 5.10. The molecule has 1 aromatic carbocycles. The lowest BCUT2D eigenvalue weighted by atomic mass is 9.91. The van der Waals surface area contributed by atoms with Gasteiger partial charge in [0.1, 0.15) is 5.60 Å². The number of aryl methyl sites for hydroxylation is 1. The number of nitrogens with zero attached hydrogens (tertiary/aromatic N) is 3. The fraction of sp³-hybridized carbons (Fsp3) is 0.600. The lowest BCUT2D eigenvalue weighted by Crippen LogP contribution is -2.52. The molecular weight excluding hydrogens is 381 g/mol. The number of piperidine rings is 1. The molecule has 1 fully saturated rings. The van der Waals surface area contributed by atoms with Gasteiger partial charge in [0.15, 0.2) is 12.3 Å². The molecule has 1 aromatic heterocycles. The van der Waals surface area contributed by atoms with E-state index in [0.717, 1.165) is 28.9 Å². The number of rotatable bonds is 1. The Morgan fingerprint density at radius 1 is 1.18 bits per heavy atom. The van der Waals surface area contributed by atoms with Gasteiger partial charge in [-0.3, -0.25) is 4.57 Å². The molecule has 156 valence electrons. The van der Waals surface area contributed by atoms with E-state index in [1.54, 1.807) is 25.2 Å². The lowest BCUT2D eigenvalue weighted by Gasteiger charge is -2.42. The van der Waals surface area contributed by atoms with Gasteiger partial charge >= 0.3 is 11.8 Å². The Balaban J connectivity index is 0.000000202. The van der Waals surface area contributed by atoms with E-state index in [-0.39, 0.29) is 29.7 Å². The summed E-state index contributed by atoms with van der Waals surface area (Å²) >= 11 is -0.0709. The van der Waals surface area contributed by atoms with Gasteiger partial charge in [0.25, 0.3) is 0 Å². The Labute approximate surface area is 170 Å². The zero-order chi connectivity index (χ0) is 21.1. The maximum absolute atomic E-state index is 12.4. The average Bonchev–Trinajstić information content (AvgIpc) is 2.84. The molecule has 1 saturated heterocycles. The molecule has 0 spiro atoms. The van der Waals surface area contributed by atoms with Crippen molar-refractivity contribution in [1.29, 1.82) is 0 Å². The fourth-order valence-electron chi connectivity index (χ4n) is 3.25. The molecule has 0 radical (unpaired) electrons. The van der Waals surface area contributed by atoms with Crippen LogP contribution in [0.1, 0.15) is 53.9 Å². The van der Waals surface area contributed by atoms with E-state index >= 15 is 0 Å². The minimum atomic E-state index is -0.398. The SMILES string of the molecule is CC(C)(C)OC(=O)N1CCCCC1(C)C.Cn1c(=O)n(SF)c2ccccc21. The number of imidazole rings is 1. The normalized spacial score (nSPS) is 16.5. The van der Waals surface area contributed by atoms with E-state index in [9.17, 15) is 13.5 Å². The van der Waals surface area contributed by atoms with Crippen LogP contribution in [0, 0.1) is 0 Å². The molecule has 2 aromatic rings. The molecule has 2 heterocycles. The summed E-state index contributed by atoms with van der Waals surface area (Å²) in [5.74, 6) is 0. The number of ether oxygens (including phenoxy) is 1. The van der Waals surface area contributed by atoms with Crippen LogP contribution < -0.4 is 5.69 Å². The van der Waals surface area contributed by atoms with Gasteiger partial charge in [-0.2, -0.15) is 0 Å². The van der Waals surface area contributed by atoms with Crippen molar-refractivity contribution in [2.45, 2.75) is 65.0 Å². The molecule has 1 aliphatic rings. The molecule has 28 heavy (non-hydrogen) atoms. The number of aromatic nitrogens is 2. The largest absolute Gasteiger partial charge is 0.444 e. The number of carbonyl (C=O) groups excluding carboxylic acids is 1. The van der Waals surface area contributed by atoms with Crippen LogP contribution in [0.4, 0.5) is 8.68 Å². The molecule has 0 aliphatic carbocycles. The molecule has 1 aliphatic heterocycles. The van der Waals surface area contributed by atoms with Gasteiger partial charge in [-0.1, -0.05) is 12.1 Å². The number of halogens is 1. The first-order valence-electron chi connectivity index (χ1n) is 9.44. The van der Waals surface area contributed by atoms with E-state index < -0.39 is 5.60 Å². The monoisotopic (exact) mass is 411 g/mol. The van der Waals surface area contributed by atoms with Crippen LogP contribution in [0.5, 0.6) is 0 Å². The first-order valence-corrected chi connectivity index (χ1v) is 10.1. The number of benzene rings is 1. The number of fused-ring (bicyclic) bond motifs is 1. The minimum Gasteiger partial charge on any atom is -0.444 e. The zero-order valence-electron chi connectivity index (χ0n) is 17.5. The summed E-state index contributed by atoms with van der Waals surface area (Å²) in [7, 11) is 1.62. The van der Waals surface area contributed by atoms with Gasteiger partial charge in [0.05, 0.1) is 11.0 Å². The van der Waals surface area contributed by atoms with Crippen molar-refractivity contribution in [1.82, 2.24) is 13.4 Å². The maximum atomic E-state index is 12.4. The van der Waals surface area contributed by atoms with Crippen molar-refractivity contribution in [3.05, 3.63) is 34.7 Å². The molecular formula is C20H30FN3O3S. The predicted molar refractivity (Wildman–Crippen MR) is 112 cm³/mol. The second-order valence-corrected chi connectivity index (χ2v) is 9.10.